The number of nitrogens with one attached hydrogen (secondary N) is 1. The van der Waals surface area contributed by atoms with Gasteiger partial charge in [-0.15, -0.1) is 0 Å². The minimum atomic E-state index is 0.329. The molecule has 1 aromatic rings. The van der Waals surface area contributed by atoms with Crippen LogP contribution in [0.2, 0.25) is 0 Å². The monoisotopic (exact) mass is 209 g/mol. The molecule has 0 radical (unpaired) electrons. The van der Waals surface area contributed by atoms with E-state index in [1.165, 1.54) is 12.8 Å². The second-order valence-corrected chi connectivity index (χ2v) is 4.36. The summed E-state index contributed by atoms with van der Waals surface area (Å²) in [6, 6.07) is 0.377. The zero-order chi connectivity index (χ0) is 10.8. The van der Waals surface area contributed by atoms with Crippen LogP contribution in [0.4, 0.5) is 0 Å². The van der Waals surface area contributed by atoms with Gasteiger partial charge in [0.2, 0.25) is 5.89 Å². The van der Waals surface area contributed by atoms with Crippen molar-refractivity contribution in [2.75, 3.05) is 7.05 Å². The zero-order valence-corrected chi connectivity index (χ0v) is 9.66. The summed E-state index contributed by atoms with van der Waals surface area (Å²) < 4.78 is 5.34. The molecule has 0 bridgehead atoms. The zero-order valence-electron chi connectivity index (χ0n) is 9.66. The fourth-order valence-corrected chi connectivity index (χ4v) is 1.85. The van der Waals surface area contributed by atoms with Crippen LogP contribution < -0.4 is 5.32 Å². The Hall–Kier alpha value is -0.900. The van der Waals surface area contributed by atoms with E-state index in [-0.39, 0.29) is 0 Å². The van der Waals surface area contributed by atoms with E-state index >= 15 is 0 Å². The van der Waals surface area contributed by atoms with Gasteiger partial charge in [0.1, 0.15) is 0 Å². The van der Waals surface area contributed by atoms with Crippen molar-refractivity contribution in [3.05, 3.63) is 11.7 Å². The highest BCUT2D eigenvalue weighted by molar-refractivity contribution is 5.06. The third-order valence-electron chi connectivity index (χ3n) is 3.22. The highest BCUT2D eigenvalue weighted by Crippen LogP contribution is 2.38. The van der Waals surface area contributed by atoms with Crippen LogP contribution in [0.25, 0.3) is 0 Å². The van der Waals surface area contributed by atoms with Gasteiger partial charge in [-0.05, 0) is 33.2 Å². The van der Waals surface area contributed by atoms with Gasteiger partial charge >= 0.3 is 0 Å². The Balaban J connectivity index is 2.11. The van der Waals surface area contributed by atoms with E-state index < -0.39 is 0 Å². The van der Waals surface area contributed by atoms with Crippen molar-refractivity contribution in [1.29, 1.82) is 0 Å². The summed E-state index contributed by atoms with van der Waals surface area (Å²) in [7, 11) is 1.96. The molecule has 1 N–H and O–H groups in total. The average molecular weight is 209 g/mol. The van der Waals surface area contributed by atoms with Crippen LogP contribution in [-0.4, -0.2) is 23.2 Å². The van der Waals surface area contributed by atoms with Crippen LogP contribution >= 0.6 is 0 Å². The van der Waals surface area contributed by atoms with E-state index in [2.05, 4.69) is 29.3 Å². The normalized spacial score (nSPS) is 20.2. The van der Waals surface area contributed by atoms with Gasteiger partial charge in [0.25, 0.3) is 0 Å². The molecule has 1 heterocycles. The standard InChI is InChI=1S/C11H19N3O/c1-4-9(7(2)12-3)11-13-10(14-15-11)8-5-6-8/h7-9,12H,4-6H2,1-3H3. The summed E-state index contributed by atoms with van der Waals surface area (Å²) in [6.07, 6.45) is 3.46. The summed E-state index contributed by atoms with van der Waals surface area (Å²) in [6.45, 7) is 4.30. The molecule has 1 fully saturated rings. The Morgan fingerprint density at radius 2 is 2.27 bits per heavy atom. The van der Waals surface area contributed by atoms with Gasteiger partial charge in [0.15, 0.2) is 5.82 Å². The molecule has 0 aromatic carbocycles. The molecule has 2 unspecified atom stereocenters. The Kier molecular flexibility index (Phi) is 3.05. The molecule has 2 rings (SSSR count). The van der Waals surface area contributed by atoms with Gasteiger partial charge in [0.05, 0.1) is 5.92 Å². The maximum Gasteiger partial charge on any atom is 0.231 e. The van der Waals surface area contributed by atoms with E-state index in [4.69, 9.17) is 4.52 Å². The van der Waals surface area contributed by atoms with Crippen LogP contribution in [0.15, 0.2) is 4.52 Å². The molecule has 4 heteroatoms. The van der Waals surface area contributed by atoms with E-state index in [9.17, 15) is 0 Å². The SMILES string of the molecule is CCC(c1nc(C2CC2)no1)C(C)NC. The van der Waals surface area contributed by atoms with Gasteiger partial charge in [-0.25, -0.2) is 0 Å². The van der Waals surface area contributed by atoms with Gasteiger partial charge in [-0.1, -0.05) is 12.1 Å². The Bertz CT molecular complexity index is 319. The quantitative estimate of drug-likeness (QED) is 0.806. The number of hydrogen-bond acceptors (Lipinski definition) is 4. The summed E-state index contributed by atoms with van der Waals surface area (Å²) in [5.41, 5.74) is 0. The van der Waals surface area contributed by atoms with Crippen molar-refractivity contribution >= 4 is 0 Å². The maximum atomic E-state index is 5.34. The highest BCUT2D eigenvalue weighted by Gasteiger charge is 2.30. The first-order valence-corrected chi connectivity index (χ1v) is 5.77. The molecule has 84 valence electrons. The summed E-state index contributed by atoms with van der Waals surface area (Å²) in [4.78, 5) is 4.49. The van der Waals surface area contributed by atoms with Crippen molar-refractivity contribution in [3.63, 3.8) is 0 Å². The molecule has 0 aliphatic heterocycles. The minimum Gasteiger partial charge on any atom is -0.339 e. The molecular formula is C11H19N3O. The van der Waals surface area contributed by atoms with E-state index in [0.717, 1.165) is 18.1 Å². The van der Waals surface area contributed by atoms with Crippen molar-refractivity contribution < 1.29 is 4.52 Å². The summed E-state index contributed by atoms with van der Waals surface area (Å²) in [5.74, 6) is 2.60. The molecule has 4 nitrogen and oxygen atoms in total. The van der Waals surface area contributed by atoms with Crippen molar-refractivity contribution in [2.45, 2.75) is 51.0 Å². The first kappa shape index (κ1) is 10.6. The Morgan fingerprint density at radius 3 is 2.80 bits per heavy atom. The van der Waals surface area contributed by atoms with Crippen LogP contribution in [0.5, 0.6) is 0 Å². The largest absolute Gasteiger partial charge is 0.339 e. The first-order valence-electron chi connectivity index (χ1n) is 5.77. The lowest BCUT2D eigenvalue weighted by Gasteiger charge is -2.17. The first-order chi connectivity index (χ1) is 7.26. The average Bonchev–Trinajstić information content (AvgIpc) is 3.00. The lowest BCUT2D eigenvalue weighted by atomic mass is 9.98. The van der Waals surface area contributed by atoms with Crippen LogP contribution in [0.1, 0.15) is 56.7 Å². The number of aromatic nitrogens is 2. The number of rotatable bonds is 5. The Labute approximate surface area is 90.4 Å². The second-order valence-electron chi connectivity index (χ2n) is 4.36. The van der Waals surface area contributed by atoms with Crippen LogP contribution in [-0.2, 0) is 0 Å². The van der Waals surface area contributed by atoms with Gasteiger partial charge in [-0.3, -0.25) is 0 Å². The summed E-state index contributed by atoms with van der Waals surface area (Å²) >= 11 is 0. The maximum absolute atomic E-state index is 5.34. The highest BCUT2D eigenvalue weighted by atomic mass is 16.5. The smallest absolute Gasteiger partial charge is 0.231 e. The number of likely N-dealkylation sites (N-methyl/N-ethyl adjacent to an activating group) is 1. The van der Waals surface area contributed by atoms with Crippen LogP contribution in [0.3, 0.4) is 0 Å². The predicted octanol–water partition coefficient (Wildman–Crippen LogP) is 2.05. The van der Waals surface area contributed by atoms with Gasteiger partial charge in [-0.2, -0.15) is 4.98 Å². The van der Waals surface area contributed by atoms with Gasteiger partial charge < -0.3 is 9.84 Å². The molecule has 1 aliphatic carbocycles. The molecule has 1 aliphatic rings. The van der Waals surface area contributed by atoms with E-state index in [0.29, 0.717) is 17.9 Å². The van der Waals surface area contributed by atoms with E-state index in [1.54, 1.807) is 0 Å². The lowest BCUT2D eigenvalue weighted by Crippen LogP contribution is -2.28. The van der Waals surface area contributed by atoms with Gasteiger partial charge in [0, 0.05) is 12.0 Å². The fraction of sp³-hybridized carbons (Fsp3) is 0.818. The minimum absolute atomic E-state index is 0.329. The van der Waals surface area contributed by atoms with Crippen molar-refractivity contribution in [3.8, 4) is 0 Å². The molecule has 0 amide bonds. The van der Waals surface area contributed by atoms with Crippen molar-refractivity contribution in [2.24, 2.45) is 0 Å². The predicted molar refractivity (Wildman–Crippen MR) is 57.8 cm³/mol. The number of hydrogen-bond donors (Lipinski definition) is 1. The second kappa shape index (κ2) is 4.31. The third kappa shape index (κ3) is 2.20. The molecule has 0 saturated heterocycles. The fourth-order valence-electron chi connectivity index (χ4n) is 1.85. The van der Waals surface area contributed by atoms with Crippen molar-refractivity contribution in [1.82, 2.24) is 15.5 Å². The lowest BCUT2D eigenvalue weighted by molar-refractivity contribution is 0.319. The number of nitrogens with zero attached hydrogens (tertiary/aromatic N) is 2. The summed E-state index contributed by atoms with van der Waals surface area (Å²) in [5, 5.41) is 7.29. The molecular weight excluding hydrogens is 190 g/mol. The van der Waals surface area contributed by atoms with Crippen LogP contribution in [0, 0.1) is 0 Å². The Morgan fingerprint density at radius 1 is 1.53 bits per heavy atom. The molecule has 0 spiro atoms. The molecule has 1 aromatic heterocycles. The molecule has 2 atom stereocenters. The van der Waals surface area contributed by atoms with E-state index in [1.807, 2.05) is 7.05 Å². The topological polar surface area (TPSA) is 51.0 Å². The third-order valence-corrected chi connectivity index (χ3v) is 3.22. The molecule has 1 saturated carbocycles. The molecule has 15 heavy (non-hydrogen) atoms.